The molecule has 2 unspecified atom stereocenters. The third-order valence-corrected chi connectivity index (χ3v) is 3.00. The highest BCUT2D eigenvalue weighted by atomic mass is 16.6. The first-order chi connectivity index (χ1) is 6.87. The third-order valence-electron chi connectivity index (χ3n) is 3.00. The minimum atomic E-state index is -0.0195. The molecule has 2 aliphatic rings. The van der Waals surface area contributed by atoms with Crippen LogP contribution in [0.15, 0.2) is 0 Å². The van der Waals surface area contributed by atoms with Crippen molar-refractivity contribution in [1.82, 2.24) is 0 Å². The van der Waals surface area contributed by atoms with E-state index >= 15 is 0 Å². The monoisotopic (exact) mass is 188 g/mol. The Morgan fingerprint density at radius 1 is 1.36 bits per heavy atom. The summed E-state index contributed by atoms with van der Waals surface area (Å²) >= 11 is 0. The van der Waals surface area contributed by atoms with Gasteiger partial charge in [0.25, 0.3) is 0 Å². The lowest BCUT2D eigenvalue weighted by Gasteiger charge is -2.10. The fourth-order valence-electron chi connectivity index (χ4n) is 2.11. The summed E-state index contributed by atoms with van der Waals surface area (Å²) in [6.07, 6.45) is 13.3. The number of ether oxygens (including phenoxy) is 1. The molecular weight excluding hydrogens is 172 g/mol. The first kappa shape index (κ1) is 9.63. The van der Waals surface area contributed by atoms with E-state index < -0.39 is 0 Å². The number of rotatable bonds is 2. The van der Waals surface area contributed by atoms with Gasteiger partial charge in [-0.15, -0.1) is 18.3 Å². The lowest BCUT2D eigenvalue weighted by Crippen LogP contribution is -2.16. The predicted molar refractivity (Wildman–Crippen MR) is 56.5 cm³/mol. The van der Waals surface area contributed by atoms with Crippen molar-refractivity contribution >= 4 is 0 Å². The Morgan fingerprint density at radius 3 is 3.07 bits per heavy atom. The molecule has 0 aromatic heterocycles. The fourth-order valence-corrected chi connectivity index (χ4v) is 2.11. The maximum absolute atomic E-state index is 5.66. The van der Waals surface area contributed by atoms with E-state index in [2.05, 4.69) is 17.8 Å². The Morgan fingerprint density at radius 2 is 2.29 bits per heavy atom. The van der Waals surface area contributed by atoms with Gasteiger partial charge in [0, 0.05) is 12.8 Å². The maximum atomic E-state index is 5.66. The van der Waals surface area contributed by atoms with Crippen molar-refractivity contribution in [1.29, 1.82) is 0 Å². The largest absolute Gasteiger partial charge is 0.352 e. The van der Waals surface area contributed by atoms with Crippen LogP contribution < -0.4 is 0 Å². The number of fused-ring (bicyclic) bond motifs is 1. The van der Waals surface area contributed by atoms with Gasteiger partial charge in [-0.25, -0.2) is 0 Å². The second kappa shape index (κ2) is 4.07. The average Bonchev–Trinajstić information content (AvgIpc) is 2.92. The molecule has 1 saturated carbocycles. The number of terminal acetylenes is 1. The molecule has 14 heavy (non-hydrogen) atoms. The molecule has 2 fully saturated rings. The van der Waals surface area contributed by atoms with Gasteiger partial charge >= 0.3 is 0 Å². The fraction of sp³-hybridized carbons (Fsp3) is 0.692. The first-order valence-corrected chi connectivity index (χ1v) is 5.49. The van der Waals surface area contributed by atoms with Crippen LogP contribution in [0.3, 0.4) is 0 Å². The molecule has 2 rings (SSSR count). The third kappa shape index (κ3) is 1.94. The Balaban J connectivity index is 1.77. The highest BCUT2D eigenvalue weighted by Crippen LogP contribution is 2.47. The summed E-state index contributed by atoms with van der Waals surface area (Å²) in [7, 11) is 0. The van der Waals surface area contributed by atoms with Crippen LogP contribution in [0.1, 0.15) is 44.9 Å². The van der Waals surface area contributed by atoms with Crippen molar-refractivity contribution in [2.75, 3.05) is 0 Å². The minimum Gasteiger partial charge on any atom is -0.352 e. The van der Waals surface area contributed by atoms with Crippen molar-refractivity contribution in [2.45, 2.75) is 56.7 Å². The SMILES string of the molecule is C#CCCCC#CC12CCCCC1O2. The summed E-state index contributed by atoms with van der Waals surface area (Å²) in [5, 5.41) is 0. The summed E-state index contributed by atoms with van der Waals surface area (Å²) in [5.74, 6) is 9.12. The second-order valence-corrected chi connectivity index (χ2v) is 4.10. The number of hydrogen-bond donors (Lipinski definition) is 0. The molecule has 0 amide bonds. The Bertz CT molecular complexity index is 301. The Kier molecular flexibility index (Phi) is 2.80. The summed E-state index contributed by atoms with van der Waals surface area (Å²) in [5.41, 5.74) is -0.0195. The maximum Gasteiger partial charge on any atom is 0.155 e. The molecule has 1 heteroatoms. The van der Waals surface area contributed by atoms with Crippen molar-refractivity contribution in [3.63, 3.8) is 0 Å². The predicted octanol–water partition coefficient (Wildman–Crippen LogP) is 2.50. The number of epoxide rings is 1. The van der Waals surface area contributed by atoms with E-state index in [1.165, 1.54) is 19.3 Å². The van der Waals surface area contributed by atoms with E-state index in [9.17, 15) is 0 Å². The van der Waals surface area contributed by atoms with E-state index in [-0.39, 0.29) is 5.60 Å². The molecule has 1 saturated heterocycles. The topological polar surface area (TPSA) is 12.5 Å². The highest BCUT2D eigenvalue weighted by molar-refractivity contribution is 5.26. The number of hydrogen-bond acceptors (Lipinski definition) is 1. The normalized spacial score (nSPS) is 33.5. The molecule has 0 radical (unpaired) electrons. The molecule has 1 heterocycles. The standard InChI is InChI=1S/C13H16O/c1-2-3-4-5-7-10-13-11-8-6-9-12(13)14-13/h1,12H,3-6,8-9,11H2. The number of unbranched alkanes of at least 4 members (excludes halogenated alkanes) is 2. The quantitative estimate of drug-likeness (QED) is 0.368. The molecule has 74 valence electrons. The lowest BCUT2D eigenvalue weighted by molar-refractivity contribution is 0.336. The average molecular weight is 188 g/mol. The van der Waals surface area contributed by atoms with Crippen LogP contribution >= 0.6 is 0 Å². The molecule has 0 N–H and O–H groups in total. The zero-order valence-electron chi connectivity index (χ0n) is 8.51. The summed E-state index contributed by atoms with van der Waals surface area (Å²) < 4.78 is 5.66. The summed E-state index contributed by atoms with van der Waals surface area (Å²) in [6, 6.07) is 0. The van der Waals surface area contributed by atoms with Gasteiger partial charge in [-0.1, -0.05) is 12.3 Å². The van der Waals surface area contributed by atoms with E-state index in [0.29, 0.717) is 6.10 Å². The van der Waals surface area contributed by atoms with Gasteiger partial charge in [0.1, 0.15) is 0 Å². The Hall–Kier alpha value is -0.920. The molecule has 0 aromatic carbocycles. The first-order valence-electron chi connectivity index (χ1n) is 5.49. The van der Waals surface area contributed by atoms with Gasteiger partial charge in [-0.2, -0.15) is 0 Å². The van der Waals surface area contributed by atoms with Crippen LogP contribution in [-0.4, -0.2) is 11.7 Å². The zero-order valence-corrected chi connectivity index (χ0v) is 8.51. The van der Waals surface area contributed by atoms with Crippen LogP contribution in [0.25, 0.3) is 0 Å². The molecule has 1 aliphatic heterocycles. The summed E-state index contributed by atoms with van der Waals surface area (Å²) in [4.78, 5) is 0. The Labute approximate surface area is 86.2 Å². The molecule has 1 nitrogen and oxygen atoms in total. The van der Waals surface area contributed by atoms with Gasteiger partial charge in [-0.3, -0.25) is 0 Å². The van der Waals surface area contributed by atoms with Gasteiger partial charge in [0.15, 0.2) is 5.60 Å². The van der Waals surface area contributed by atoms with Crippen molar-refractivity contribution < 1.29 is 4.74 Å². The zero-order chi connectivity index (χ0) is 9.86. The lowest BCUT2D eigenvalue weighted by atomic mass is 9.89. The van der Waals surface area contributed by atoms with Gasteiger partial charge in [0.05, 0.1) is 6.10 Å². The molecule has 2 atom stereocenters. The van der Waals surface area contributed by atoms with Gasteiger partial charge in [0.2, 0.25) is 0 Å². The molecular formula is C13H16O. The van der Waals surface area contributed by atoms with Crippen molar-refractivity contribution in [3.8, 4) is 24.2 Å². The molecule has 0 aromatic rings. The van der Waals surface area contributed by atoms with Crippen LogP contribution in [0.4, 0.5) is 0 Å². The van der Waals surface area contributed by atoms with Crippen molar-refractivity contribution in [2.24, 2.45) is 0 Å². The van der Waals surface area contributed by atoms with Gasteiger partial charge < -0.3 is 4.74 Å². The summed E-state index contributed by atoms with van der Waals surface area (Å²) in [6.45, 7) is 0. The van der Waals surface area contributed by atoms with E-state index in [4.69, 9.17) is 11.2 Å². The van der Waals surface area contributed by atoms with E-state index in [0.717, 1.165) is 25.7 Å². The highest BCUT2D eigenvalue weighted by Gasteiger charge is 2.56. The van der Waals surface area contributed by atoms with Crippen LogP contribution in [-0.2, 0) is 4.74 Å². The molecule has 0 spiro atoms. The molecule has 0 bridgehead atoms. The van der Waals surface area contributed by atoms with Crippen molar-refractivity contribution in [3.05, 3.63) is 0 Å². The van der Waals surface area contributed by atoms with E-state index in [1.807, 2.05) is 0 Å². The van der Waals surface area contributed by atoms with Crippen LogP contribution in [0.5, 0.6) is 0 Å². The smallest absolute Gasteiger partial charge is 0.155 e. The van der Waals surface area contributed by atoms with Gasteiger partial charge in [-0.05, 0) is 25.7 Å². The second-order valence-electron chi connectivity index (χ2n) is 4.10. The van der Waals surface area contributed by atoms with Crippen LogP contribution in [0.2, 0.25) is 0 Å². The molecule has 1 aliphatic carbocycles. The minimum absolute atomic E-state index is 0.0195. The van der Waals surface area contributed by atoms with Crippen LogP contribution in [0, 0.1) is 24.2 Å². The van der Waals surface area contributed by atoms with E-state index in [1.54, 1.807) is 0 Å².